The van der Waals surface area contributed by atoms with Gasteiger partial charge in [0.05, 0.1) is 24.8 Å². The number of anilines is 1. The Labute approximate surface area is 198 Å². The lowest BCUT2D eigenvalue weighted by atomic mass is 9.94. The molecule has 1 fully saturated rings. The van der Waals surface area contributed by atoms with E-state index in [2.05, 4.69) is 0 Å². The van der Waals surface area contributed by atoms with E-state index < -0.39 is 17.7 Å². The van der Waals surface area contributed by atoms with E-state index in [1.807, 2.05) is 49.4 Å². The molecule has 0 spiro atoms. The minimum absolute atomic E-state index is 0.0648. The maximum Gasteiger partial charge on any atom is 0.300 e. The molecule has 1 N–H and O–H groups in total. The number of fused-ring (bicyclic) bond motifs is 1. The van der Waals surface area contributed by atoms with Crippen LogP contribution in [-0.4, -0.2) is 30.0 Å². The summed E-state index contributed by atoms with van der Waals surface area (Å²) in [4.78, 5) is 28.1. The van der Waals surface area contributed by atoms with Crippen molar-refractivity contribution in [3.05, 3.63) is 95.1 Å². The van der Waals surface area contributed by atoms with E-state index in [0.29, 0.717) is 30.2 Å². The topological polar surface area (TPSA) is 76.1 Å². The van der Waals surface area contributed by atoms with Crippen molar-refractivity contribution >= 4 is 23.1 Å². The summed E-state index contributed by atoms with van der Waals surface area (Å²) in [5.74, 6) is -0.203. The number of carbonyl (C=O) groups is 2. The van der Waals surface area contributed by atoms with Gasteiger partial charge in [0.15, 0.2) is 0 Å². The molecule has 1 saturated heterocycles. The number of aliphatic hydroxyl groups is 1. The van der Waals surface area contributed by atoms with Crippen LogP contribution in [0.5, 0.6) is 11.5 Å². The molecular weight excluding hydrogens is 430 g/mol. The van der Waals surface area contributed by atoms with Crippen molar-refractivity contribution in [2.75, 3.05) is 18.1 Å². The summed E-state index contributed by atoms with van der Waals surface area (Å²) in [6, 6.07) is 21.0. The molecular formula is C28H25NO5. The van der Waals surface area contributed by atoms with Crippen LogP contribution in [0.15, 0.2) is 78.4 Å². The second kappa shape index (κ2) is 9.06. The number of rotatable bonds is 6. The zero-order valence-electron chi connectivity index (χ0n) is 18.9. The van der Waals surface area contributed by atoms with E-state index in [9.17, 15) is 14.7 Å². The second-order valence-electron chi connectivity index (χ2n) is 8.35. The number of aliphatic hydroxyl groups excluding tert-OH is 1. The van der Waals surface area contributed by atoms with Crippen LogP contribution in [0.3, 0.4) is 0 Å². The van der Waals surface area contributed by atoms with Crippen molar-refractivity contribution < 1.29 is 24.2 Å². The summed E-state index contributed by atoms with van der Waals surface area (Å²) in [7, 11) is 0. The summed E-state index contributed by atoms with van der Waals surface area (Å²) in [5, 5.41) is 11.3. The molecule has 0 radical (unpaired) electrons. The maximum absolute atomic E-state index is 13.3. The van der Waals surface area contributed by atoms with Gasteiger partial charge in [-0.3, -0.25) is 14.5 Å². The molecule has 172 valence electrons. The standard InChI is InChI=1S/C28H25NO5/c1-2-14-33-22-10-6-9-21(17-22)29-25(18-7-4-3-5-8-18)24(27(31)28(29)32)26(30)20-11-12-23-19(16-20)13-15-34-23/h3-12,16-17,25,30H,2,13-15H2,1H3/b26-24-. The molecule has 1 atom stereocenters. The Bertz CT molecular complexity index is 1280. The molecule has 1 unspecified atom stereocenters. The number of amides is 1. The van der Waals surface area contributed by atoms with Gasteiger partial charge in [0.2, 0.25) is 0 Å². The number of nitrogens with zero attached hydrogens (tertiary/aromatic N) is 1. The van der Waals surface area contributed by atoms with Crippen molar-refractivity contribution in [1.29, 1.82) is 0 Å². The van der Waals surface area contributed by atoms with Crippen LogP contribution in [-0.2, 0) is 16.0 Å². The molecule has 0 aromatic heterocycles. The van der Waals surface area contributed by atoms with E-state index in [4.69, 9.17) is 9.47 Å². The first-order chi connectivity index (χ1) is 16.6. The number of ether oxygens (including phenoxy) is 2. The summed E-state index contributed by atoms with van der Waals surface area (Å²) in [6.07, 6.45) is 1.59. The fourth-order valence-electron chi connectivity index (χ4n) is 4.48. The largest absolute Gasteiger partial charge is 0.507 e. The number of ketones is 1. The van der Waals surface area contributed by atoms with Gasteiger partial charge in [-0.15, -0.1) is 0 Å². The van der Waals surface area contributed by atoms with Crippen LogP contribution < -0.4 is 14.4 Å². The van der Waals surface area contributed by atoms with Gasteiger partial charge < -0.3 is 14.6 Å². The third kappa shape index (κ3) is 3.81. The molecule has 6 nitrogen and oxygen atoms in total. The predicted molar refractivity (Wildman–Crippen MR) is 129 cm³/mol. The first-order valence-corrected chi connectivity index (χ1v) is 11.4. The smallest absolute Gasteiger partial charge is 0.300 e. The summed E-state index contributed by atoms with van der Waals surface area (Å²) in [6.45, 7) is 3.15. The lowest BCUT2D eigenvalue weighted by Gasteiger charge is -2.25. The van der Waals surface area contributed by atoms with Crippen LogP contribution >= 0.6 is 0 Å². The van der Waals surface area contributed by atoms with E-state index in [-0.39, 0.29) is 11.3 Å². The minimum Gasteiger partial charge on any atom is -0.507 e. The molecule has 34 heavy (non-hydrogen) atoms. The van der Waals surface area contributed by atoms with Gasteiger partial charge in [-0.05, 0) is 47.9 Å². The molecule has 0 aliphatic carbocycles. The molecule has 2 aliphatic rings. The molecule has 5 rings (SSSR count). The number of benzene rings is 3. The predicted octanol–water partition coefficient (Wildman–Crippen LogP) is 5.04. The highest BCUT2D eigenvalue weighted by Crippen LogP contribution is 2.43. The lowest BCUT2D eigenvalue weighted by molar-refractivity contribution is -0.132. The van der Waals surface area contributed by atoms with Crippen LogP contribution in [0, 0.1) is 0 Å². The molecule has 2 heterocycles. The first kappa shape index (κ1) is 21.8. The summed E-state index contributed by atoms with van der Waals surface area (Å²) in [5.41, 5.74) is 2.78. The molecule has 3 aromatic carbocycles. The third-order valence-electron chi connectivity index (χ3n) is 6.09. The number of carbonyl (C=O) groups excluding carboxylic acids is 2. The van der Waals surface area contributed by atoms with Crippen molar-refractivity contribution in [2.45, 2.75) is 25.8 Å². The van der Waals surface area contributed by atoms with Gasteiger partial charge >= 0.3 is 0 Å². The quantitative estimate of drug-likeness (QED) is 0.320. The molecule has 0 bridgehead atoms. The highest BCUT2D eigenvalue weighted by Gasteiger charge is 2.47. The monoisotopic (exact) mass is 455 g/mol. The SMILES string of the molecule is CCCOc1cccc(N2C(=O)C(=O)/C(=C(\O)c3ccc4c(c3)CCO4)C2c2ccccc2)c1. The normalized spacial score (nSPS) is 18.6. The van der Waals surface area contributed by atoms with Crippen LogP contribution in [0.25, 0.3) is 5.76 Å². The molecule has 6 heteroatoms. The van der Waals surface area contributed by atoms with E-state index in [1.54, 1.807) is 30.3 Å². The maximum atomic E-state index is 13.3. The Morgan fingerprint density at radius 3 is 2.68 bits per heavy atom. The van der Waals surface area contributed by atoms with Gasteiger partial charge in [-0.1, -0.05) is 43.3 Å². The average Bonchev–Trinajstić information content (AvgIpc) is 3.45. The third-order valence-corrected chi connectivity index (χ3v) is 6.09. The van der Waals surface area contributed by atoms with Gasteiger partial charge in [-0.25, -0.2) is 0 Å². The average molecular weight is 456 g/mol. The molecule has 2 aliphatic heterocycles. The minimum atomic E-state index is -0.771. The van der Waals surface area contributed by atoms with Crippen molar-refractivity contribution in [3.8, 4) is 11.5 Å². The molecule has 1 amide bonds. The van der Waals surface area contributed by atoms with E-state index >= 15 is 0 Å². The fourth-order valence-corrected chi connectivity index (χ4v) is 4.48. The lowest BCUT2D eigenvalue weighted by Crippen LogP contribution is -2.29. The van der Waals surface area contributed by atoms with Crippen LogP contribution in [0.2, 0.25) is 0 Å². The van der Waals surface area contributed by atoms with E-state index in [1.165, 1.54) is 4.90 Å². The Morgan fingerprint density at radius 2 is 1.88 bits per heavy atom. The fraction of sp³-hybridized carbons (Fsp3) is 0.214. The molecule has 3 aromatic rings. The zero-order valence-corrected chi connectivity index (χ0v) is 18.9. The molecule has 0 saturated carbocycles. The first-order valence-electron chi connectivity index (χ1n) is 11.4. The Balaban J connectivity index is 1.64. The number of hydrogen-bond acceptors (Lipinski definition) is 5. The number of Topliss-reactive ketones (excluding diaryl/α,β-unsaturated/α-hetero) is 1. The van der Waals surface area contributed by atoms with Gasteiger partial charge in [0, 0.05) is 23.7 Å². The van der Waals surface area contributed by atoms with Crippen molar-refractivity contribution in [2.24, 2.45) is 0 Å². The van der Waals surface area contributed by atoms with Crippen LogP contribution in [0.1, 0.15) is 36.1 Å². The van der Waals surface area contributed by atoms with Crippen molar-refractivity contribution in [1.82, 2.24) is 0 Å². The summed E-state index contributed by atoms with van der Waals surface area (Å²) >= 11 is 0. The Hall–Kier alpha value is -4.06. The summed E-state index contributed by atoms with van der Waals surface area (Å²) < 4.78 is 11.3. The van der Waals surface area contributed by atoms with Gasteiger partial charge in [-0.2, -0.15) is 0 Å². The van der Waals surface area contributed by atoms with Crippen LogP contribution in [0.4, 0.5) is 5.69 Å². The Morgan fingerprint density at radius 1 is 1.06 bits per heavy atom. The van der Waals surface area contributed by atoms with Crippen molar-refractivity contribution in [3.63, 3.8) is 0 Å². The van der Waals surface area contributed by atoms with E-state index in [0.717, 1.165) is 29.7 Å². The highest BCUT2D eigenvalue weighted by atomic mass is 16.5. The van der Waals surface area contributed by atoms with Gasteiger partial charge in [0.1, 0.15) is 17.3 Å². The van der Waals surface area contributed by atoms with Gasteiger partial charge in [0.25, 0.3) is 11.7 Å². The Kier molecular flexibility index (Phi) is 5.80. The number of hydrogen-bond donors (Lipinski definition) is 1. The highest BCUT2D eigenvalue weighted by molar-refractivity contribution is 6.51. The second-order valence-corrected chi connectivity index (χ2v) is 8.35. The zero-order chi connectivity index (χ0) is 23.7.